The van der Waals surface area contributed by atoms with Gasteiger partial charge in [0.25, 0.3) is 11.7 Å². The maximum atomic E-state index is 11.6. The van der Waals surface area contributed by atoms with E-state index >= 15 is 0 Å². The molecule has 17 heavy (non-hydrogen) atoms. The molecule has 2 rings (SSSR count). The summed E-state index contributed by atoms with van der Waals surface area (Å²) >= 11 is 0. The molecule has 88 valence electrons. The number of benzene rings is 1. The standard InChI is InChI=1S/C10H8N2O5/c13-8(14)4-12-7-2-1-5(11-17)3-6(7)9(15)10(12)16/h1-3,11,17H,4H2,(H,13,14)/p+1. The summed E-state index contributed by atoms with van der Waals surface area (Å²) in [6.07, 6.45) is 0. The first-order valence-corrected chi connectivity index (χ1v) is 4.74. The Morgan fingerprint density at radius 3 is 2.65 bits per heavy atom. The van der Waals surface area contributed by atoms with Crippen LogP contribution in [0, 0.1) is 0 Å². The molecular formula is C10H9N2O5+. The smallest absolute Gasteiger partial charge is 0.323 e. The van der Waals surface area contributed by atoms with Crippen LogP contribution in [0.15, 0.2) is 18.2 Å². The number of carboxylic acids is 1. The Labute approximate surface area is 95.2 Å². The van der Waals surface area contributed by atoms with E-state index in [2.05, 4.69) is 0 Å². The predicted octanol–water partition coefficient (Wildman–Crippen LogP) is -1.12. The second-order valence-corrected chi connectivity index (χ2v) is 3.52. The van der Waals surface area contributed by atoms with Crippen molar-refractivity contribution in [2.24, 2.45) is 0 Å². The third-order valence-electron chi connectivity index (χ3n) is 2.44. The molecule has 0 bridgehead atoms. The largest absolute Gasteiger partial charge is 0.480 e. The van der Waals surface area contributed by atoms with Gasteiger partial charge in [-0.15, -0.1) is 0 Å². The Bertz CT molecular complexity index is 525. The van der Waals surface area contributed by atoms with Crippen LogP contribution in [0.2, 0.25) is 0 Å². The molecule has 0 aliphatic carbocycles. The average Bonchev–Trinajstić information content (AvgIpc) is 2.54. The van der Waals surface area contributed by atoms with Gasteiger partial charge in [0, 0.05) is 12.1 Å². The van der Waals surface area contributed by atoms with Crippen molar-refractivity contribution in [2.45, 2.75) is 0 Å². The van der Waals surface area contributed by atoms with Crippen LogP contribution < -0.4 is 10.4 Å². The molecule has 0 fully saturated rings. The van der Waals surface area contributed by atoms with Gasteiger partial charge >= 0.3 is 5.97 Å². The van der Waals surface area contributed by atoms with Crippen molar-refractivity contribution in [1.29, 1.82) is 0 Å². The fourth-order valence-corrected chi connectivity index (χ4v) is 1.69. The minimum atomic E-state index is -1.20. The molecule has 1 aromatic carbocycles. The molecule has 1 amide bonds. The maximum Gasteiger partial charge on any atom is 0.323 e. The highest BCUT2D eigenvalue weighted by Crippen LogP contribution is 2.29. The van der Waals surface area contributed by atoms with Crippen molar-refractivity contribution < 1.29 is 30.2 Å². The SMILES string of the molecule is O=C(O)CN1C(=O)C(=O)c2cc([NH2+]O)ccc21. The van der Waals surface area contributed by atoms with E-state index in [4.69, 9.17) is 10.3 Å². The van der Waals surface area contributed by atoms with Crippen molar-refractivity contribution in [3.8, 4) is 0 Å². The summed E-state index contributed by atoms with van der Waals surface area (Å²) in [5.74, 6) is -2.82. The van der Waals surface area contributed by atoms with Crippen LogP contribution in [-0.2, 0) is 9.59 Å². The quantitative estimate of drug-likeness (QED) is 0.350. The number of anilines is 1. The summed E-state index contributed by atoms with van der Waals surface area (Å²) in [5.41, 5.74) is 1.55. The number of rotatable bonds is 3. The number of ketones is 1. The van der Waals surface area contributed by atoms with Gasteiger partial charge in [-0.1, -0.05) is 0 Å². The van der Waals surface area contributed by atoms with Gasteiger partial charge in [0.1, 0.15) is 6.54 Å². The Morgan fingerprint density at radius 2 is 2.06 bits per heavy atom. The van der Waals surface area contributed by atoms with Crippen LogP contribution in [-0.4, -0.2) is 34.5 Å². The summed E-state index contributed by atoms with van der Waals surface area (Å²) in [5, 5.41) is 17.5. The molecular weight excluding hydrogens is 228 g/mol. The fourth-order valence-electron chi connectivity index (χ4n) is 1.69. The highest BCUT2D eigenvalue weighted by atomic mass is 16.5. The van der Waals surface area contributed by atoms with E-state index in [0.29, 0.717) is 5.69 Å². The first kappa shape index (κ1) is 11.2. The molecule has 1 heterocycles. The number of hydrogen-bond donors (Lipinski definition) is 3. The molecule has 0 spiro atoms. The van der Waals surface area contributed by atoms with Gasteiger partial charge in [-0.05, 0) is 6.07 Å². The summed E-state index contributed by atoms with van der Waals surface area (Å²) in [7, 11) is 0. The molecule has 1 aromatic rings. The van der Waals surface area contributed by atoms with Crippen molar-refractivity contribution in [3.05, 3.63) is 23.8 Å². The highest BCUT2D eigenvalue weighted by molar-refractivity contribution is 6.52. The van der Waals surface area contributed by atoms with Crippen LogP contribution in [0.25, 0.3) is 0 Å². The lowest BCUT2D eigenvalue weighted by Crippen LogP contribution is -2.73. The van der Waals surface area contributed by atoms with Gasteiger partial charge in [-0.2, -0.15) is 5.48 Å². The number of quaternary nitrogens is 1. The number of carbonyl (C=O) groups is 3. The van der Waals surface area contributed by atoms with Gasteiger partial charge < -0.3 is 5.11 Å². The molecule has 7 nitrogen and oxygen atoms in total. The molecule has 4 N–H and O–H groups in total. The van der Waals surface area contributed by atoms with Gasteiger partial charge in [0.2, 0.25) is 0 Å². The van der Waals surface area contributed by atoms with Crippen molar-refractivity contribution >= 4 is 29.0 Å². The Kier molecular flexibility index (Phi) is 2.62. The third-order valence-corrected chi connectivity index (χ3v) is 2.44. The third kappa shape index (κ3) is 1.77. The summed E-state index contributed by atoms with van der Waals surface area (Å²) in [6, 6.07) is 4.26. The first-order valence-electron chi connectivity index (χ1n) is 4.74. The minimum absolute atomic E-state index is 0.110. The molecule has 0 aromatic heterocycles. The zero-order chi connectivity index (χ0) is 12.6. The number of carbonyl (C=O) groups excluding carboxylic acids is 2. The molecule has 0 atom stereocenters. The molecule has 0 saturated carbocycles. The number of nitrogens with zero attached hydrogens (tertiary/aromatic N) is 1. The molecule has 0 radical (unpaired) electrons. The van der Waals surface area contributed by atoms with E-state index in [1.165, 1.54) is 18.2 Å². The van der Waals surface area contributed by atoms with Crippen LogP contribution >= 0.6 is 0 Å². The first-order chi connectivity index (χ1) is 8.04. The van der Waals surface area contributed by atoms with Crippen molar-refractivity contribution in [1.82, 2.24) is 0 Å². The lowest BCUT2D eigenvalue weighted by Gasteiger charge is -2.12. The monoisotopic (exact) mass is 237 g/mol. The minimum Gasteiger partial charge on any atom is -0.480 e. The van der Waals surface area contributed by atoms with E-state index in [9.17, 15) is 14.4 Å². The molecule has 1 aliphatic rings. The zero-order valence-corrected chi connectivity index (χ0v) is 8.58. The van der Waals surface area contributed by atoms with Gasteiger partial charge in [0.15, 0.2) is 5.69 Å². The molecule has 1 aliphatic heterocycles. The number of carboxylic acid groups (broad SMARTS) is 1. The van der Waals surface area contributed by atoms with Gasteiger partial charge in [-0.25, -0.2) is 5.21 Å². The van der Waals surface area contributed by atoms with E-state index in [1.807, 2.05) is 0 Å². The van der Waals surface area contributed by atoms with Crippen LogP contribution in [0.1, 0.15) is 10.4 Å². The topological polar surface area (TPSA) is 112 Å². The normalized spacial score (nSPS) is 14.1. The van der Waals surface area contributed by atoms with Crippen molar-refractivity contribution in [2.75, 3.05) is 11.4 Å². The molecule has 0 saturated heterocycles. The van der Waals surface area contributed by atoms with Crippen LogP contribution in [0.5, 0.6) is 0 Å². The van der Waals surface area contributed by atoms with Crippen LogP contribution in [0.3, 0.4) is 0 Å². The van der Waals surface area contributed by atoms with E-state index in [-0.39, 0.29) is 11.3 Å². The van der Waals surface area contributed by atoms with Crippen LogP contribution in [0.4, 0.5) is 11.4 Å². The Hall–Kier alpha value is -2.25. The molecule has 7 heteroatoms. The maximum absolute atomic E-state index is 11.6. The molecule has 0 unspecified atom stereocenters. The highest BCUT2D eigenvalue weighted by Gasteiger charge is 2.37. The van der Waals surface area contributed by atoms with Gasteiger partial charge in [0.05, 0.1) is 11.3 Å². The zero-order valence-electron chi connectivity index (χ0n) is 8.58. The second kappa shape index (κ2) is 3.96. The van der Waals surface area contributed by atoms with E-state index < -0.39 is 24.2 Å². The fraction of sp³-hybridized carbons (Fsp3) is 0.100. The lowest BCUT2D eigenvalue weighted by atomic mass is 10.1. The summed E-state index contributed by atoms with van der Waals surface area (Å²) < 4.78 is 0. The van der Waals surface area contributed by atoms with E-state index in [1.54, 1.807) is 0 Å². The number of amides is 1. The summed E-state index contributed by atoms with van der Waals surface area (Å²) in [4.78, 5) is 34.6. The summed E-state index contributed by atoms with van der Waals surface area (Å²) in [6.45, 7) is -0.556. The Morgan fingerprint density at radius 1 is 1.35 bits per heavy atom. The van der Waals surface area contributed by atoms with E-state index in [0.717, 1.165) is 10.4 Å². The second-order valence-electron chi connectivity index (χ2n) is 3.52. The number of hydrogen-bond acceptors (Lipinski definition) is 4. The number of Topliss-reactive ketones (excluding diaryl/α,β-unsaturated/α-hetero) is 1. The van der Waals surface area contributed by atoms with Crippen molar-refractivity contribution in [3.63, 3.8) is 0 Å². The van der Waals surface area contributed by atoms with Gasteiger partial charge in [-0.3, -0.25) is 19.3 Å². The number of nitrogens with two attached hydrogens (primary N) is 1. The number of fused-ring (bicyclic) bond motifs is 1. The number of aliphatic carboxylic acids is 1. The lowest BCUT2D eigenvalue weighted by molar-refractivity contribution is -0.825. The Balaban J connectivity index is 2.47. The predicted molar refractivity (Wildman–Crippen MR) is 54.1 cm³/mol. The average molecular weight is 237 g/mol.